The fourth-order valence-electron chi connectivity index (χ4n) is 1.78. The summed E-state index contributed by atoms with van der Waals surface area (Å²) in [5.74, 6) is -0.177. The van der Waals surface area contributed by atoms with E-state index in [-0.39, 0.29) is 5.91 Å². The molecule has 21 heavy (non-hydrogen) atoms. The van der Waals surface area contributed by atoms with Crippen molar-refractivity contribution in [3.05, 3.63) is 65.7 Å². The van der Waals surface area contributed by atoms with Crippen LogP contribution in [0.1, 0.15) is 16.1 Å². The highest BCUT2D eigenvalue weighted by Gasteiger charge is 2.11. The summed E-state index contributed by atoms with van der Waals surface area (Å²) >= 11 is 1.44. The number of aromatic nitrogens is 3. The summed E-state index contributed by atoms with van der Waals surface area (Å²) in [6, 6.07) is 7.47. The predicted octanol–water partition coefficient (Wildman–Crippen LogP) is 2.53. The standard InChI is InChI=1S/C15H12N4OS/c20-14(18-9-11-1-5-16-6-2-11)13-10-21-15(19-13)12-3-7-17-8-4-12/h1-8,10H,9H2,(H,18,20). The Hall–Kier alpha value is -2.60. The molecule has 0 aliphatic heterocycles. The molecule has 104 valence electrons. The first-order valence-electron chi connectivity index (χ1n) is 6.36. The van der Waals surface area contributed by atoms with Crippen molar-refractivity contribution in [1.29, 1.82) is 0 Å². The number of carbonyl (C=O) groups excluding carboxylic acids is 1. The third-order valence-corrected chi connectivity index (χ3v) is 3.76. The number of hydrogen-bond donors (Lipinski definition) is 1. The molecule has 0 saturated heterocycles. The lowest BCUT2D eigenvalue weighted by Crippen LogP contribution is -2.23. The normalized spacial score (nSPS) is 10.3. The molecule has 0 aliphatic rings. The first-order chi connectivity index (χ1) is 10.3. The molecule has 1 N–H and O–H groups in total. The third-order valence-electron chi connectivity index (χ3n) is 2.87. The van der Waals surface area contributed by atoms with Gasteiger partial charge in [-0.3, -0.25) is 14.8 Å². The van der Waals surface area contributed by atoms with Gasteiger partial charge in [-0.2, -0.15) is 0 Å². The molecular weight excluding hydrogens is 284 g/mol. The lowest BCUT2D eigenvalue weighted by atomic mass is 10.2. The van der Waals surface area contributed by atoms with Crippen LogP contribution >= 0.6 is 11.3 Å². The van der Waals surface area contributed by atoms with Crippen LogP contribution in [-0.2, 0) is 6.54 Å². The molecule has 5 nitrogen and oxygen atoms in total. The summed E-state index contributed by atoms with van der Waals surface area (Å²) in [5, 5.41) is 5.42. The van der Waals surface area contributed by atoms with Crippen molar-refractivity contribution in [1.82, 2.24) is 20.3 Å². The third kappa shape index (κ3) is 3.29. The zero-order valence-electron chi connectivity index (χ0n) is 11.1. The Morgan fingerprint density at radius 3 is 2.43 bits per heavy atom. The summed E-state index contributed by atoms with van der Waals surface area (Å²) in [7, 11) is 0. The zero-order valence-corrected chi connectivity index (χ0v) is 11.9. The Morgan fingerprint density at radius 1 is 1.05 bits per heavy atom. The second-order valence-electron chi connectivity index (χ2n) is 4.31. The number of rotatable bonds is 4. The first kappa shape index (κ1) is 13.4. The van der Waals surface area contributed by atoms with Gasteiger partial charge in [-0.1, -0.05) is 0 Å². The minimum absolute atomic E-state index is 0.177. The zero-order chi connectivity index (χ0) is 14.5. The summed E-state index contributed by atoms with van der Waals surface area (Å²) < 4.78 is 0. The van der Waals surface area contributed by atoms with Gasteiger partial charge >= 0.3 is 0 Å². The molecule has 0 aromatic carbocycles. The molecule has 0 fully saturated rings. The van der Waals surface area contributed by atoms with Gasteiger partial charge in [-0.25, -0.2) is 4.98 Å². The lowest BCUT2D eigenvalue weighted by molar-refractivity contribution is 0.0946. The van der Waals surface area contributed by atoms with Crippen molar-refractivity contribution in [3.63, 3.8) is 0 Å². The molecule has 0 spiro atoms. The van der Waals surface area contributed by atoms with Gasteiger partial charge in [0, 0.05) is 42.3 Å². The highest BCUT2D eigenvalue weighted by molar-refractivity contribution is 7.13. The first-order valence-corrected chi connectivity index (χ1v) is 7.24. The van der Waals surface area contributed by atoms with Crippen molar-refractivity contribution in [3.8, 4) is 10.6 Å². The summed E-state index contributed by atoms with van der Waals surface area (Å²) in [6.07, 6.45) is 6.82. The maximum atomic E-state index is 12.1. The highest BCUT2D eigenvalue weighted by Crippen LogP contribution is 2.22. The van der Waals surface area contributed by atoms with Gasteiger partial charge in [-0.05, 0) is 29.8 Å². The summed E-state index contributed by atoms with van der Waals surface area (Å²) in [6.45, 7) is 0.462. The van der Waals surface area contributed by atoms with Crippen molar-refractivity contribution in [2.24, 2.45) is 0 Å². The van der Waals surface area contributed by atoms with Gasteiger partial charge in [0.25, 0.3) is 5.91 Å². The molecule has 3 heterocycles. The number of carbonyl (C=O) groups is 1. The minimum Gasteiger partial charge on any atom is -0.347 e. The van der Waals surface area contributed by atoms with Crippen LogP contribution in [0.3, 0.4) is 0 Å². The SMILES string of the molecule is O=C(NCc1ccncc1)c1csc(-c2ccncc2)n1. The quantitative estimate of drug-likeness (QED) is 0.803. The van der Waals surface area contributed by atoms with Gasteiger partial charge in [0.05, 0.1) is 0 Å². The van der Waals surface area contributed by atoms with E-state index in [0.717, 1.165) is 16.1 Å². The second-order valence-corrected chi connectivity index (χ2v) is 5.17. The molecule has 3 rings (SSSR count). The predicted molar refractivity (Wildman–Crippen MR) is 80.8 cm³/mol. The van der Waals surface area contributed by atoms with Crippen LogP contribution in [0.4, 0.5) is 0 Å². The number of hydrogen-bond acceptors (Lipinski definition) is 5. The van der Waals surface area contributed by atoms with Crippen LogP contribution in [0.15, 0.2) is 54.4 Å². The van der Waals surface area contributed by atoms with E-state index in [1.807, 2.05) is 24.3 Å². The maximum absolute atomic E-state index is 12.1. The van der Waals surface area contributed by atoms with E-state index < -0.39 is 0 Å². The van der Waals surface area contributed by atoms with E-state index in [1.165, 1.54) is 11.3 Å². The molecule has 3 aromatic heterocycles. The molecule has 3 aromatic rings. The van der Waals surface area contributed by atoms with E-state index in [9.17, 15) is 4.79 Å². The maximum Gasteiger partial charge on any atom is 0.271 e. The minimum atomic E-state index is -0.177. The fourth-order valence-corrected chi connectivity index (χ4v) is 2.58. The number of nitrogens with zero attached hydrogens (tertiary/aromatic N) is 3. The molecule has 0 unspecified atom stereocenters. The average Bonchev–Trinajstić information content (AvgIpc) is 3.04. The average molecular weight is 296 g/mol. The van der Waals surface area contributed by atoms with Crippen LogP contribution < -0.4 is 5.32 Å². The molecular formula is C15H12N4OS. The van der Waals surface area contributed by atoms with Crippen LogP contribution in [0.25, 0.3) is 10.6 Å². The largest absolute Gasteiger partial charge is 0.347 e. The van der Waals surface area contributed by atoms with Crippen LogP contribution in [-0.4, -0.2) is 20.9 Å². The van der Waals surface area contributed by atoms with E-state index in [4.69, 9.17) is 0 Å². The van der Waals surface area contributed by atoms with Gasteiger partial charge in [0.1, 0.15) is 10.7 Å². The number of nitrogens with one attached hydrogen (secondary N) is 1. The Kier molecular flexibility index (Phi) is 3.97. The number of pyridine rings is 2. The molecule has 6 heteroatoms. The molecule has 0 radical (unpaired) electrons. The Labute approximate surface area is 125 Å². The molecule has 0 saturated carbocycles. The number of amides is 1. The lowest BCUT2D eigenvalue weighted by Gasteiger charge is -2.02. The van der Waals surface area contributed by atoms with Crippen LogP contribution in [0, 0.1) is 0 Å². The molecule has 0 aliphatic carbocycles. The number of thiazole rings is 1. The van der Waals surface area contributed by atoms with Crippen molar-refractivity contribution in [2.45, 2.75) is 6.54 Å². The van der Waals surface area contributed by atoms with Crippen molar-refractivity contribution in [2.75, 3.05) is 0 Å². The summed E-state index contributed by atoms with van der Waals surface area (Å²) in [5.41, 5.74) is 2.40. The monoisotopic (exact) mass is 296 g/mol. The fraction of sp³-hybridized carbons (Fsp3) is 0.0667. The molecule has 0 bridgehead atoms. The van der Waals surface area contributed by atoms with Crippen LogP contribution in [0.5, 0.6) is 0 Å². The highest BCUT2D eigenvalue weighted by atomic mass is 32.1. The van der Waals surface area contributed by atoms with E-state index in [1.54, 1.807) is 30.2 Å². The Bertz CT molecular complexity index is 728. The van der Waals surface area contributed by atoms with Gasteiger partial charge < -0.3 is 5.32 Å². The van der Waals surface area contributed by atoms with E-state index in [0.29, 0.717) is 12.2 Å². The van der Waals surface area contributed by atoms with E-state index in [2.05, 4.69) is 20.3 Å². The van der Waals surface area contributed by atoms with Crippen molar-refractivity contribution < 1.29 is 4.79 Å². The van der Waals surface area contributed by atoms with Gasteiger partial charge in [0.15, 0.2) is 0 Å². The Morgan fingerprint density at radius 2 is 1.71 bits per heavy atom. The van der Waals surface area contributed by atoms with Crippen molar-refractivity contribution >= 4 is 17.2 Å². The topological polar surface area (TPSA) is 67.8 Å². The van der Waals surface area contributed by atoms with Gasteiger partial charge in [-0.15, -0.1) is 11.3 Å². The van der Waals surface area contributed by atoms with E-state index >= 15 is 0 Å². The van der Waals surface area contributed by atoms with Crippen LogP contribution in [0.2, 0.25) is 0 Å². The second kappa shape index (κ2) is 6.23. The summed E-state index contributed by atoms with van der Waals surface area (Å²) in [4.78, 5) is 24.3. The smallest absolute Gasteiger partial charge is 0.271 e. The molecule has 1 amide bonds. The van der Waals surface area contributed by atoms with Gasteiger partial charge in [0.2, 0.25) is 0 Å². The molecule has 0 atom stereocenters. The Balaban J connectivity index is 1.67.